The molecule has 1 aromatic rings. The van der Waals surface area contributed by atoms with E-state index in [0.29, 0.717) is 5.02 Å². The monoisotopic (exact) mass is 336 g/mol. The van der Waals surface area contributed by atoms with Crippen molar-refractivity contribution in [3.05, 3.63) is 28.2 Å². The summed E-state index contributed by atoms with van der Waals surface area (Å²) >= 11 is 13.8. The Morgan fingerprint density at radius 1 is 1.31 bits per heavy atom. The van der Waals surface area contributed by atoms with Crippen molar-refractivity contribution in [1.29, 1.82) is 0 Å². The van der Waals surface area contributed by atoms with Crippen LogP contribution in [0.1, 0.15) is 0 Å². The van der Waals surface area contributed by atoms with Gasteiger partial charge in [0, 0.05) is 11.1 Å². The van der Waals surface area contributed by atoms with Gasteiger partial charge in [0.1, 0.15) is 17.2 Å². The van der Waals surface area contributed by atoms with Gasteiger partial charge in [-0.2, -0.15) is 13.2 Å². The Balaban J connectivity index is 2.64. The second-order valence-corrected chi connectivity index (χ2v) is 4.84. The van der Waals surface area contributed by atoms with E-state index < -0.39 is 17.6 Å². The lowest BCUT2D eigenvalue weighted by atomic mass is 10.3. The van der Waals surface area contributed by atoms with Crippen molar-refractivity contribution >= 4 is 39.1 Å². The molecule has 1 unspecified atom stereocenters. The average Bonchev–Trinajstić information content (AvgIpc) is 2.17. The molecule has 0 saturated carbocycles. The number of halogens is 6. The predicted octanol–water partition coefficient (Wildman–Crippen LogP) is 4.70. The average molecular weight is 338 g/mol. The van der Waals surface area contributed by atoms with Crippen LogP contribution in [0.3, 0.4) is 0 Å². The molecule has 0 saturated heterocycles. The molecule has 0 bridgehead atoms. The molecular formula is C9H6BrCl2F3O. The van der Waals surface area contributed by atoms with Crippen molar-refractivity contribution in [2.75, 3.05) is 6.61 Å². The lowest BCUT2D eigenvalue weighted by Crippen LogP contribution is -2.28. The molecule has 1 nitrogen and oxygen atoms in total. The van der Waals surface area contributed by atoms with Crippen LogP contribution in [-0.4, -0.2) is 17.6 Å². The van der Waals surface area contributed by atoms with Crippen LogP contribution in [-0.2, 0) is 0 Å². The maximum absolute atomic E-state index is 12.1. The number of benzene rings is 1. The molecule has 0 aromatic heterocycles. The Bertz CT molecular complexity index is 370. The van der Waals surface area contributed by atoms with E-state index in [1.54, 1.807) is 0 Å². The number of alkyl halides is 4. The number of hydrogen-bond donors (Lipinski definition) is 0. The fraction of sp³-hybridized carbons (Fsp3) is 0.333. The number of hydrogen-bond acceptors (Lipinski definition) is 1. The summed E-state index contributed by atoms with van der Waals surface area (Å²) in [5.74, 6) is 0.128. The fourth-order valence-corrected chi connectivity index (χ4v) is 1.31. The van der Waals surface area contributed by atoms with Crippen molar-refractivity contribution in [3.63, 3.8) is 0 Å². The second-order valence-electron chi connectivity index (χ2n) is 2.89. The number of rotatable bonds is 3. The first-order valence-electron chi connectivity index (χ1n) is 4.09. The summed E-state index contributed by atoms with van der Waals surface area (Å²) in [5.41, 5.74) is 0. The zero-order chi connectivity index (χ0) is 12.3. The highest BCUT2D eigenvalue weighted by Crippen LogP contribution is 2.30. The normalized spacial score (nSPS) is 13.6. The molecule has 0 radical (unpaired) electrons. The van der Waals surface area contributed by atoms with Crippen LogP contribution in [0.2, 0.25) is 10.0 Å². The summed E-state index contributed by atoms with van der Waals surface area (Å²) in [7, 11) is 0. The maximum atomic E-state index is 12.1. The van der Waals surface area contributed by atoms with E-state index in [1.165, 1.54) is 18.2 Å². The van der Waals surface area contributed by atoms with E-state index in [2.05, 4.69) is 15.9 Å². The van der Waals surface area contributed by atoms with Crippen LogP contribution >= 0.6 is 39.1 Å². The molecule has 0 fully saturated rings. The molecule has 1 rings (SSSR count). The van der Waals surface area contributed by atoms with Crippen molar-refractivity contribution in [1.82, 2.24) is 0 Å². The molecule has 0 aliphatic heterocycles. The zero-order valence-corrected chi connectivity index (χ0v) is 10.8. The molecule has 16 heavy (non-hydrogen) atoms. The summed E-state index contributed by atoms with van der Waals surface area (Å²) in [6, 6.07) is 4.34. The van der Waals surface area contributed by atoms with E-state index >= 15 is 0 Å². The minimum Gasteiger partial charge on any atom is -0.490 e. The quantitative estimate of drug-likeness (QED) is 0.726. The van der Waals surface area contributed by atoms with E-state index in [9.17, 15) is 13.2 Å². The summed E-state index contributed by atoms with van der Waals surface area (Å²) in [6.45, 7) is -0.566. The Morgan fingerprint density at radius 3 is 2.50 bits per heavy atom. The third kappa shape index (κ3) is 4.03. The largest absolute Gasteiger partial charge is 0.490 e. The van der Waals surface area contributed by atoms with Crippen LogP contribution in [0.5, 0.6) is 5.75 Å². The molecule has 7 heteroatoms. The van der Waals surface area contributed by atoms with Crippen LogP contribution in [0.15, 0.2) is 18.2 Å². The summed E-state index contributed by atoms with van der Waals surface area (Å²) in [5, 5.41) is 0.559. The Labute approximate surface area is 109 Å². The Hall–Kier alpha value is -0.130. The molecule has 0 aliphatic carbocycles. The number of ether oxygens (including phenoxy) is 1. The molecule has 0 N–H and O–H groups in total. The van der Waals surface area contributed by atoms with Gasteiger partial charge in [-0.05, 0) is 12.1 Å². The molecule has 1 atom stereocenters. The highest BCUT2D eigenvalue weighted by atomic mass is 79.9. The Kier molecular flexibility index (Phi) is 4.76. The first-order valence-corrected chi connectivity index (χ1v) is 5.76. The van der Waals surface area contributed by atoms with Gasteiger partial charge < -0.3 is 4.74 Å². The Morgan fingerprint density at radius 2 is 1.94 bits per heavy atom. The first-order chi connectivity index (χ1) is 7.30. The van der Waals surface area contributed by atoms with E-state index in [1.807, 2.05) is 0 Å². The molecule has 0 heterocycles. The van der Waals surface area contributed by atoms with Crippen LogP contribution < -0.4 is 4.74 Å². The second kappa shape index (κ2) is 5.47. The van der Waals surface area contributed by atoms with E-state index in [4.69, 9.17) is 27.9 Å². The maximum Gasteiger partial charge on any atom is 0.404 e. The molecule has 0 amide bonds. The van der Waals surface area contributed by atoms with Gasteiger partial charge in [0.2, 0.25) is 0 Å². The van der Waals surface area contributed by atoms with Crippen molar-refractivity contribution in [2.24, 2.45) is 0 Å². The van der Waals surface area contributed by atoms with Gasteiger partial charge in [-0.15, -0.1) is 0 Å². The fourth-order valence-electron chi connectivity index (χ4n) is 0.845. The van der Waals surface area contributed by atoms with Gasteiger partial charge in [0.15, 0.2) is 0 Å². The van der Waals surface area contributed by atoms with Gasteiger partial charge in [-0.3, -0.25) is 0 Å². The standard InChI is InChI=1S/C9H6BrCl2F3O/c10-8(9(13,14)15)4-16-7-3-5(11)1-2-6(7)12/h1-3,8H,4H2. The highest BCUT2D eigenvalue weighted by Gasteiger charge is 2.38. The third-order valence-electron chi connectivity index (χ3n) is 1.63. The van der Waals surface area contributed by atoms with Gasteiger partial charge in [0.05, 0.1) is 5.02 Å². The lowest BCUT2D eigenvalue weighted by Gasteiger charge is -2.15. The molecule has 1 aromatic carbocycles. The zero-order valence-electron chi connectivity index (χ0n) is 7.69. The van der Waals surface area contributed by atoms with Gasteiger partial charge in [-0.25, -0.2) is 0 Å². The molecule has 0 aliphatic rings. The molecular weight excluding hydrogens is 332 g/mol. The predicted molar refractivity (Wildman–Crippen MR) is 60.7 cm³/mol. The molecule has 90 valence electrons. The third-order valence-corrected chi connectivity index (χ3v) is 2.96. The van der Waals surface area contributed by atoms with Crippen molar-refractivity contribution in [3.8, 4) is 5.75 Å². The SMILES string of the molecule is FC(F)(F)C(Br)COc1cc(Cl)ccc1Cl. The van der Waals surface area contributed by atoms with Gasteiger partial charge >= 0.3 is 6.18 Å². The summed E-state index contributed by atoms with van der Waals surface area (Å²) < 4.78 is 41.4. The van der Waals surface area contributed by atoms with Crippen LogP contribution in [0, 0.1) is 0 Å². The lowest BCUT2D eigenvalue weighted by molar-refractivity contribution is -0.132. The van der Waals surface area contributed by atoms with E-state index in [0.717, 1.165) is 0 Å². The van der Waals surface area contributed by atoms with Gasteiger partial charge in [-0.1, -0.05) is 39.1 Å². The van der Waals surface area contributed by atoms with Crippen LogP contribution in [0.25, 0.3) is 0 Å². The van der Waals surface area contributed by atoms with Crippen LogP contribution in [0.4, 0.5) is 13.2 Å². The van der Waals surface area contributed by atoms with Crippen molar-refractivity contribution in [2.45, 2.75) is 11.0 Å². The first kappa shape index (κ1) is 13.9. The smallest absolute Gasteiger partial charge is 0.404 e. The van der Waals surface area contributed by atoms with Gasteiger partial charge in [0.25, 0.3) is 0 Å². The topological polar surface area (TPSA) is 9.23 Å². The highest BCUT2D eigenvalue weighted by molar-refractivity contribution is 9.09. The minimum atomic E-state index is -4.36. The van der Waals surface area contributed by atoms with Crippen molar-refractivity contribution < 1.29 is 17.9 Å². The summed E-state index contributed by atoms with van der Waals surface area (Å²) in [4.78, 5) is -1.74. The molecule has 0 spiro atoms. The summed E-state index contributed by atoms with van der Waals surface area (Å²) in [6.07, 6.45) is -4.36. The minimum absolute atomic E-state index is 0.128. The van der Waals surface area contributed by atoms with E-state index in [-0.39, 0.29) is 10.8 Å².